The number of anilines is 2. The smallest absolute Gasteiger partial charge is 0.0607 e. The molecule has 20 heavy (non-hydrogen) atoms. The molecule has 0 aromatic heterocycles. The highest BCUT2D eigenvalue weighted by Crippen LogP contribution is 2.30. The van der Waals surface area contributed by atoms with Gasteiger partial charge in [0.05, 0.1) is 11.4 Å². The third-order valence-electron chi connectivity index (χ3n) is 3.75. The van der Waals surface area contributed by atoms with Crippen LogP contribution in [0.5, 0.6) is 0 Å². The lowest BCUT2D eigenvalue weighted by Gasteiger charge is -2.37. The maximum Gasteiger partial charge on any atom is 0.0607 e. The Morgan fingerprint density at radius 2 is 1.85 bits per heavy atom. The van der Waals surface area contributed by atoms with Crippen molar-refractivity contribution >= 4 is 17.5 Å². The Hall–Kier alpha value is -2.22. The Balaban J connectivity index is 1.75. The average Bonchev–Trinajstić information content (AvgIpc) is 2.50. The monoisotopic (exact) mass is 264 g/mol. The molecule has 1 atom stereocenters. The van der Waals surface area contributed by atoms with Gasteiger partial charge in [0.1, 0.15) is 0 Å². The minimum Gasteiger partial charge on any atom is -0.381 e. The van der Waals surface area contributed by atoms with Crippen LogP contribution >= 0.6 is 0 Å². The van der Waals surface area contributed by atoms with E-state index in [1.54, 1.807) is 0 Å². The number of rotatable bonds is 3. The standard InChI is InChI=1S/C18H20N2/c1-15-14-19-17-11-5-6-12-18(17)20(15)13-7-10-16-8-3-2-4-9-16/h2-12,15,19H,13-14H2,1H3/b10-7+. The SMILES string of the molecule is CC1CNc2ccccc2N1C/C=C/c1ccccc1. The second-order valence-corrected chi connectivity index (χ2v) is 5.21. The number of benzene rings is 2. The molecule has 1 unspecified atom stereocenters. The Bertz CT molecular complexity index is 589. The summed E-state index contributed by atoms with van der Waals surface area (Å²) in [5.41, 5.74) is 3.78. The normalized spacial score (nSPS) is 17.9. The molecule has 0 radical (unpaired) electrons. The molecule has 0 aliphatic carbocycles. The Labute approximate surface area is 120 Å². The molecule has 2 heteroatoms. The van der Waals surface area contributed by atoms with E-state index >= 15 is 0 Å². The highest BCUT2D eigenvalue weighted by Gasteiger charge is 2.20. The molecule has 1 aliphatic rings. The van der Waals surface area contributed by atoms with E-state index in [2.05, 4.69) is 77.8 Å². The molecular formula is C18H20N2. The summed E-state index contributed by atoms with van der Waals surface area (Å²) in [4.78, 5) is 2.45. The van der Waals surface area contributed by atoms with Crippen LogP contribution in [-0.4, -0.2) is 19.1 Å². The topological polar surface area (TPSA) is 15.3 Å². The zero-order valence-electron chi connectivity index (χ0n) is 11.8. The second-order valence-electron chi connectivity index (χ2n) is 5.21. The third-order valence-corrected chi connectivity index (χ3v) is 3.75. The van der Waals surface area contributed by atoms with Crippen molar-refractivity contribution in [2.45, 2.75) is 13.0 Å². The summed E-state index contributed by atoms with van der Waals surface area (Å²) >= 11 is 0. The van der Waals surface area contributed by atoms with Crippen LogP contribution < -0.4 is 10.2 Å². The number of fused-ring (bicyclic) bond motifs is 1. The van der Waals surface area contributed by atoms with E-state index in [1.165, 1.54) is 16.9 Å². The van der Waals surface area contributed by atoms with Gasteiger partial charge in [-0.3, -0.25) is 0 Å². The third kappa shape index (κ3) is 2.69. The van der Waals surface area contributed by atoms with Crippen molar-refractivity contribution in [2.75, 3.05) is 23.3 Å². The van der Waals surface area contributed by atoms with Gasteiger partial charge in [0.2, 0.25) is 0 Å². The summed E-state index contributed by atoms with van der Waals surface area (Å²) in [6, 6.07) is 19.5. The molecule has 102 valence electrons. The average molecular weight is 264 g/mol. The summed E-state index contributed by atoms with van der Waals surface area (Å²) in [6.07, 6.45) is 4.44. The van der Waals surface area contributed by atoms with Crippen molar-refractivity contribution in [1.82, 2.24) is 0 Å². The largest absolute Gasteiger partial charge is 0.381 e. The molecule has 0 bridgehead atoms. The van der Waals surface area contributed by atoms with Gasteiger partial charge in [-0.25, -0.2) is 0 Å². The van der Waals surface area contributed by atoms with Gasteiger partial charge in [-0.2, -0.15) is 0 Å². The summed E-state index contributed by atoms with van der Waals surface area (Å²) < 4.78 is 0. The van der Waals surface area contributed by atoms with Crippen LogP contribution in [0.3, 0.4) is 0 Å². The summed E-state index contributed by atoms with van der Waals surface area (Å²) in [5.74, 6) is 0. The molecule has 0 amide bonds. The van der Waals surface area contributed by atoms with Crippen molar-refractivity contribution in [1.29, 1.82) is 0 Å². The summed E-state index contributed by atoms with van der Waals surface area (Å²) in [7, 11) is 0. The minimum atomic E-state index is 0.505. The van der Waals surface area contributed by atoms with Crippen molar-refractivity contribution < 1.29 is 0 Å². The molecular weight excluding hydrogens is 244 g/mol. The second kappa shape index (κ2) is 5.83. The molecule has 1 heterocycles. The zero-order chi connectivity index (χ0) is 13.8. The fourth-order valence-electron chi connectivity index (χ4n) is 2.62. The quantitative estimate of drug-likeness (QED) is 0.900. The molecule has 0 saturated heterocycles. The van der Waals surface area contributed by atoms with Crippen molar-refractivity contribution in [3.63, 3.8) is 0 Å². The number of nitrogens with zero attached hydrogens (tertiary/aromatic N) is 1. The van der Waals surface area contributed by atoms with Crippen LogP contribution in [0.1, 0.15) is 12.5 Å². The lowest BCUT2D eigenvalue weighted by atomic mass is 10.1. The Morgan fingerprint density at radius 3 is 2.70 bits per heavy atom. The number of hydrogen-bond acceptors (Lipinski definition) is 2. The van der Waals surface area contributed by atoms with Crippen molar-refractivity contribution in [3.8, 4) is 0 Å². The van der Waals surface area contributed by atoms with Gasteiger partial charge in [-0.05, 0) is 24.6 Å². The van der Waals surface area contributed by atoms with E-state index in [9.17, 15) is 0 Å². The molecule has 2 aromatic carbocycles. The summed E-state index contributed by atoms with van der Waals surface area (Å²) in [6.45, 7) is 4.20. The van der Waals surface area contributed by atoms with Gasteiger partial charge in [0.15, 0.2) is 0 Å². The van der Waals surface area contributed by atoms with Gasteiger partial charge >= 0.3 is 0 Å². The maximum absolute atomic E-state index is 3.48. The Morgan fingerprint density at radius 1 is 1.10 bits per heavy atom. The lowest BCUT2D eigenvalue weighted by molar-refractivity contribution is 0.674. The van der Waals surface area contributed by atoms with E-state index in [0.717, 1.165) is 13.1 Å². The van der Waals surface area contributed by atoms with Gasteiger partial charge in [0.25, 0.3) is 0 Å². The molecule has 0 spiro atoms. The van der Waals surface area contributed by atoms with Crippen LogP contribution in [0, 0.1) is 0 Å². The first-order valence-corrected chi connectivity index (χ1v) is 7.16. The van der Waals surface area contributed by atoms with Crippen LogP contribution in [0.2, 0.25) is 0 Å². The predicted octanol–water partition coefficient (Wildman–Crippen LogP) is 4.02. The fourth-order valence-corrected chi connectivity index (χ4v) is 2.62. The molecule has 1 aliphatic heterocycles. The van der Waals surface area contributed by atoms with Gasteiger partial charge in [0, 0.05) is 19.1 Å². The molecule has 2 nitrogen and oxygen atoms in total. The van der Waals surface area contributed by atoms with E-state index in [1.807, 2.05) is 6.07 Å². The van der Waals surface area contributed by atoms with Gasteiger partial charge in [-0.15, -0.1) is 0 Å². The first-order chi connectivity index (χ1) is 9.84. The molecule has 3 rings (SSSR count). The van der Waals surface area contributed by atoms with Crippen molar-refractivity contribution in [2.24, 2.45) is 0 Å². The van der Waals surface area contributed by atoms with E-state index in [0.29, 0.717) is 6.04 Å². The maximum atomic E-state index is 3.48. The van der Waals surface area contributed by atoms with Crippen molar-refractivity contribution in [3.05, 3.63) is 66.2 Å². The molecule has 0 saturated carbocycles. The molecule has 2 aromatic rings. The molecule has 0 fully saturated rings. The van der Waals surface area contributed by atoms with Crippen LogP contribution in [-0.2, 0) is 0 Å². The first kappa shape index (κ1) is 12.8. The fraction of sp³-hybridized carbons (Fsp3) is 0.222. The molecule has 1 N–H and O–H groups in total. The number of para-hydroxylation sites is 2. The van der Waals surface area contributed by atoms with Crippen LogP contribution in [0.15, 0.2) is 60.7 Å². The predicted molar refractivity (Wildman–Crippen MR) is 87.2 cm³/mol. The lowest BCUT2D eigenvalue weighted by Crippen LogP contribution is -2.42. The van der Waals surface area contributed by atoms with Gasteiger partial charge in [-0.1, -0.05) is 54.6 Å². The highest BCUT2D eigenvalue weighted by molar-refractivity contribution is 5.73. The number of hydrogen-bond donors (Lipinski definition) is 1. The summed E-state index contributed by atoms with van der Waals surface area (Å²) in [5, 5.41) is 3.48. The highest BCUT2D eigenvalue weighted by atomic mass is 15.2. The zero-order valence-corrected chi connectivity index (χ0v) is 11.8. The number of nitrogens with one attached hydrogen (secondary N) is 1. The first-order valence-electron chi connectivity index (χ1n) is 7.16. The van der Waals surface area contributed by atoms with Crippen LogP contribution in [0.4, 0.5) is 11.4 Å². The van der Waals surface area contributed by atoms with Gasteiger partial charge < -0.3 is 10.2 Å². The van der Waals surface area contributed by atoms with E-state index < -0.39 is 0 Å². The Kier molecular flexibility index (Phi) is 3.73. The minimum absolute atomic E-state index is 0.505. The van der Waals surface area contributed by atoms with Crippen LogP contribution in [0.25, 0.3) is 6.08 Å². The van der Waals surface area contributed by atoms with E-state index in [-0.39, 0.29) is 0 Å². The van der Waals surface area contributed by atoms with E-state index in [4.69, 9.17) is 0 Å².